The summed E-state index contributed by atoms with van der Waals surface area (Å²) in [4.78, 5) is 4.78. The Hall–Kier alpha value is -2.90. The van der Waals surface area contributed by atoms with Crippen molar-refractivity contribution in [3.8, 4) is 5.75 Å². The number of sulfone groups is 1. The largest absolute Gasteiger partial charge is 0.569 e. The molecule has 1 heterocycles. The van der Waals surface area contributed by atoms with Gasteiger partial charge in [-0.1, -0.05) is 30.3 Å². The Kier molecular flexibility index (Phi) is 5.97. The zero-order chi connectivity index (χ0) is 20.1. The summed E-state index contributed by atoms with van der Waals surface area (Å²) in [6.07, 6.45) is 4.91. The van der Waals surface area contributed by atoms with Crippen LogP contribution in [0.4, 0.5) is 0 Å². The number of benzene rings is 2. The normalized spacial score (nSPS) is 11.9. The van der Waals surface area contributed by atoms with Crippen LogP contribution in [0.2, 0.25) is 0 Å². The zero-order valence-corrected chi connectivity index (χ0v) is 16.3. The van der Waals surface area contributed by atoms with Crippen LogP contribution in [0.5, 0.6) is 5.75 Å². The minimum atomic E-state index is -3.27. The van der Waals surface area contributed by atoms with Crippen LogP contribution < -0.4 is 4.65 Å². The summed E-state index contributed by atoms with van der Waals surface area (Å²) in [6, 6.07) is 17.9. The molecule has 0 saturated heterocycles. The van der Waals surface area contributed by atoms with Gasteiger partial charge in [0, 0.05) is 18.0 Å². The van der Waals surface area contributed by atoms with Gasteiger partial charge in [0.15, 0.2) is 9.84 Å². The van der Waals surface area contributed by atoms with Crippen molar-refractivity contribution in [1.29, 1.82) is 0 Å². The highest BCUT2D eigenvalue weighted by molar-refractivity contribution is 7.90. The van der Waals surface area contributed by atoms with Gasteiger partial charge in [-0.05, 0) is 60.0 Å². The molecule has 0 unspecified atom stereocenters. The summed E-state index contributed by atoms with van der Waals surface area (Å²) in [5.74, 6) is 0.500. The fourth-order valence-electron chi connectivity index (χ4n) is 2.72. The Balaban J connectivity index is 2.10. The van der Waals surface area contributed by atoms with E-state index in [-0.39, 0.29) is 4.90 Å². The molecule has 0 amide bonds. The van der Waals surface area contributed by atoms with E-state index in [9.17, 15) is 8.42 Å². The summed E-state index contributed by atoms with van der Waals surface area (Å²) in [5.41, 5.74) is 4.33. The molecule has 0 aliphatic rings. The SMILES string of the molecule is Cc1ccc(/C(=C/c2cccc(O[B]O)c2)c2ccc(S(C)(=O)=O)cc2)nc1. The molecule has 2 aromatic carbocycles. The number of nitrogens with zero attached hydrogens (tertiary/aromatic N) is 1. The number of pyridine rings is 1. The summed E-state index contributed by atoms with van der Waals surface area (Å²) >= 11 is 0. The second kappa shape index (κ2) is 8.41. The molecular weight excluding hydrogens is 373 g/mol. The lowest BCUT2D eigenvalue weighted by Crippen LogP contribution is -1.99. The van der Waals surface area contributed by atoms with Crippen LogP contribution in [-0.4, -0.2) is 32.4 Å². The Morgan fingerprint density at radius 2 is 1.86 bits per heavy atom. The van der Waals surface area contributed by atoms with E-state index >= 15 is 0 Å². The first-order valence-electron chi connectivity index (χ1n) is 8.54. The molecule has 3 aromatic rings. The standard InChI is InChI=1S/C21H19BNO4S/c1-15-6-11-21(23-14-15)20(13-16-4-3-5-18(12-16)27-22-24)17-7-9-19(10-8-17)28(2,25)26/h3-14,24H,1-2H3/b20-13+. The molecule has 0 spiro atoms. The lowest BCUT2D eigenvalue weighted by atomic mass is 9.99. The van der Waals surface area contributed by atoms with Gasteiger partial charge in [0.1, 0.15) is 5.75 Å². The monoisotopic (exact) mass is 392 g/mol. The Morgan fingerprint density at radius 3 is 2.46 bits per heavy atom. The molecule has 0 saturated carbocycles. The second-order valence-electron chi connectivity index (χ2n) is 6.37. The van der Waals surface area contributed by atoms with Crippen LogP contribution >= 0.6 is 0 Å². The van der Waals surface area contributed by atoms with Crippen molar-refractivity contribution in [3.63, 3.8) is 0 Å². The van der Waals surface area contributed by atoms with Crippen LogP contribution in [0.25, 0.3) is 11.6 Å². The molecule has 1 aromatic heterocycles. The molecule has 7 heteroatoms. The first-order chi connectivity index (χ1) is 13.4. The van der Waals surface area contributed by atoms with Gasteiger partial charge >= 0.3 is 7.69 Å². The van der Waals surface area contributed by atoms with Gasteiger partial charge < -0.3 is 9.68 Å². The van der Waals surface area contributed by atoms with Gasteiger partial charge in [0.25, 0.3) is 0 Å². The third kappa shape index (κ3) is 4.88. The fraction of sp³-hybridized carbons (Fsp3) is 0.0952. The summed E-state index contributed by atoms with van der Waals surface area (Å²) in [7, 11) is -2.63. The average Bonchev–Trinajstić information content (AvgIpc) is 2.67. The van der Waals surface area contributed by atoms with Crippen molar-refractivity contribution >= 4 is 29.2 Å². The lowest BCUT2D eigenvalue weighted by molar-refractivity contribution is 0.454. The maximum Gasteiger partial charge on any atom is 0.569 e. The van der Waals surface area contributed by atoms with E-state index in [0.717, 1.165) is 28.0 Å². The van der Waals surface area contributed by atoms with E-state index in [1.807, 2.05) is 37.3 Å². The molecule has 0 fully saturated rings. The van der Waals surface area contributed by atoms with E-state index in [4.69, 9.17) is 9.68 Å². The van der Waals surface area contributed by atoms with Crippen LogP contribution in [0.3, 0.4) is 0 Å². The Morgan fingerprint density at radius 1 is 1.11 bits per heavy atom. The van der Waals surface area contributed by atoms with Crippen molar-refractivity contribution in [2.45, 2.75) is 11.8 Å². The fourth-order valence-corrected chi connectivity index (χ4v) is 3.35. The minimum absolute atomic E-state index is 0.265. The van der Waals surface area contributed by atoms with Crippen molar-refractivity contribution in [2.24, 2.45) is 0 Å². The maximum absolute atomic E-state index is 11.7. The van der Waals surface area contributed by atoms with E-state index in [1.54, 1.807) is 42.6 Å². The quantitative estimate of drug-likeness (QED) is 0.515. The topological polar surface area (TPSA) is 76.5 Å². The van der Waals surface area contributed by atoms with Crippen molar-refractivity contribution < 1.29 is 18.1 Å². The van der Waals surface area contributed by atoms with Gasteiger partial charge in [0.2, 0.25) is 0 Å². The van der Waals surface area contributed by atoms with Crippen molar-refractivity contribution in [1.82, 2.24) is 4.98 Å². The third-order valence-corrected chi connectivity index (χ3v) is 5.27. The van der Waals surface area contributed by atoms with Crippen LogP contribution in [0.15, 0.2) is 71.8 Å². The third-order valence-electron chi connectivity index (χ3n) is 4.14. The number of hydrogen-bond acceptors (Lipinski definition) is 5. The van der Waals surface area contributed by atoms with Gasteiger partial charge in [0.05, 0.1) is 10.6 Å². The number of hydrogen-bond donors (Lipinski definition) is 1. The van der Waals surface area contributed by atoms with E-state index < -0.39 is 9.84 Å². The van der Waals surface area contributed by atoms with E-state index in [0.29, 0.717) is 13.4 Å². The van der Waals surface area contributed by atoms with Gasteiger partial charge in [-0.15, -0.1) is 0 Å². The van der Waals surface area contributed by atoms with Crippen LogP contribution in [-0.2, 0) is 9.84 Å². The van der Waals surface area contributed by atoms with Crippen LogP contribution in [0, 0.1) is 6.92 Å². The predicted octanol–water partition coefficient (Wildman–Crippen LogP) is 3.29. The first-order valence-corrected chi connectivity index (χ1v) is 10.4. The molecular formula is C21H19BNO4S. The predicted molar refractivity (Wildman–Crippen MR) is 111 cm³/mol. The Labute approximate surface area is 165 Å². The molecule has 3 rings (SSSR count). The minimum Gasteiger partial charge on any atom is -0.537 e. The summed E-state index contributed by atoms with van der Waals surface area (Å²) < 4.78 is 28.5. The van der Waals surface area contributed by atoms with Gasteiger partial charge in [-0.25, -0.2) is 8.42 Å². The number of aryl methyl sites for hydroxylation is 1. The van der Waals surface area contributed by atoms with Gasteiger partial charge in [-0.3, -0.25) is 4.98 Å². The summed E-state index contributed by atoms with van der Waals surface area (Å²) in [5, 5.41) is 8.84. The number of rotatable bonds is 6. The Bertz CT molecular complexity index is 1090. The average molecular weight is 392 g/mol. The molecule has 0 aliphatic carbocycles. The number of aromatic nitrogens is 1. The van der Waals surface area contributed by atoms with Crippen molar-refractivity contribution in [2.75, 3.05) is 6.26 Å². The summed E-state index contributed by atoms with van der Waals surface area (Å²) in [6.45, 7) is 1.97. The maximum atomic E-state index is 11.7. The van der Waals surface area contributed by atoms with E-state index in [1.165, 1.54) is 6.26 Å². The van der Waals surface area contributed by atoms with Gasteiger partial charge in [-0.2, -0.15) is 0 Å². The molecule has 28 heavy (non-hydrogen) atoms. The zero-order valence-electron chi connectivity index (χ0n) is 15.5. The highest BCUT2D eigenvalue weighted by atomic mass is 32.2. The van der Waals surface area contributed by atoms with Crippen LogP contribution in [0.1, 0.15) is 22.4 Å². The molecule has 141 valence electrons. The highest BCUT2D eigenvalue weighted by Crippen LogP contribution is 2.27. The highest BCUT2D eigenvalue weighted by Gasteiger charge is 2.11. The van der Waals surface area contributed by atoms with E-state index in [2.05, 4.69) is 4.98 Å². The molecule has 1 radical (unpaired) electrons. The molecule has 0 bridgehead atoms. The molecule has 5 nitrogen and oxygen atoms in total. The lowest BCUT2D eigenvalue weighted by Gasteiger charge is -2.10. The smallest absolute Gasteiger partial charge is 0.537 e. The molecule has 1 N–H and O–H groups in total. The molecule has 0 atom stereocenters. The van der Waals surface area contributed by atoms with Crippen molar-refractivity contribution in [3.05, 3.63) is 89.2 Å². The second-order valence-corrected chi connectivity index (χ2v) is 8.39. The first kappa shape index (κ1) is 19.9. The molecule has 0 aliphatic heterocycles.